The summed E-state index contributed by atoms with van der Waals surface area (Å²) in [4.78, 5) is 0. The highest BCUT2D eigenvalue weighted by Gasteiger charge is 2.36. The molecule has 0 saturated carbocycles. The van der Waals surface area contributed by atoms with E-state index in [2.05, 4.69) is 12.2 Å². The number of hydrogen-bond donors (Lipinski definition) is 2. The minimum absolute atomic E-state index is 0.279. The van der Waals surface area contributed by atoms with Gasteiger partial charge in [-0.25, -0.2) is 0 Å². The van der Waals surface area contributed by atoms with Crippen molar-refractivity contribution >= 4 is 0 Å². The third-order valence-corrected chi connectivity index (χ3v) is 3.16. The average molecular weight is 195 g/mol. The van der Waals surface area contributed by atoms with Gasteiger partial charge in [-0.2, -0.15) is 0 Å². The quantitative estimate of drug-likeness (QED) is 0.745. The van der Waals surface area contributed by atoms with Crippen molar-refractivity contribution in [2.75, 3.05) is 13.1 Å². The average Bonchev–Trinajstić information content (AvgIpc) is 2.63. The summed E-state index contributed by atoms with van der Waals surface area (Å²) in [6, 6.07) is 3.79. The molecule has 3 heteroatoms. The van der Waals surface area contributed by atoms with Crippen molar-refractivity contribution < 1.29 is 9.52 Å². The van der Waals surface area contributed by atoms with Crippen molar-refractivity contribution in [3.63, 3.8) is 0 Å². The predicted molar refractivity (Wildman–Crippen MR) is 54.0 cm³/mol. The van der Waals surface area contributed by atoms with E-state index in [1.807, 2.05) is 12.1 Å². The first kappa shape index (κ1) is 9.74. The summed E-state index contributed by atoms with van der Waals surface area (Å²) < 4.78 is 5.27. The van der Waals surface area contributed by atoms with Crippen molar-refractivity contribution in [2.24, 2.45) is 5.92 Å². The number of piperidine rings is 1. The molecule has 1 aromatic heterocycles. The lowest BCUT2D eigenvalue weighted by atomic mass is 9.80. The zero-order chi connectivity index (χ0) is 10.0. The Kier molecular flexibility index (Phi) is 2.61. The smallest absolute Gasteiger partial charge is 0.106 e. The lowest BCUT2D eigenvalue weighted by Gasteiger charge is -2.38. The standard InChI is InChI=1S/C11H17NO2/c1-9-8-12-5-4-11(9,13)7-10-3-2-6-14-10/h2-3,6,9,12-13H,4-5,7-8H2,1H3. The van der Waals surface area contributed by atoms with Gasteiger partial charge in [-0.3, -0.25) is 0 Å². The van der Waals surface area contributed by atoms with Crippen LogP contribution in [-0.2, 0) is 6.42 Å². The van der Waals surface area contributed by atoms with Crippen LogP contribution in [0.1, 0.15) is 19.1 Å². The lowest BCUT2D eigenvalue weighted by Crippen LogP contribution is -2.50. The highest BCUT2D eigenvalue weighted by atomic mass is 16.3. The van der Waals surface area contributed by atoms with E-state index in [-0.39, 0.29) is 5.92 Å². The monoisotopic (exact) mass is 195 g/mol. The number of rotatable bonds is 2. The number of furan rings is 1. The Hall–Kier alpha value is -0.800. The van der Waals surface area contributed by atoms with E-state index in [9.17, 15) is 5.11 Å². The molecule has 3 nitrogen and oxygen atoms in total. The van der Waals surface area contributed by atoms with Gasteiger partial charge >= 0.3 is 0 Å². The van der Waals surface area contributed by atoms with E-state index >= 15 is 0 Å². The van der Waals surface area contributed by atoms with Gasteiger partial charge in [0.25, 0.3) is 0 Å². The molecule has 2 N–H and O–H groups in total. The van der Waals surface area contributed by atoms with E-state index in [1.54, 1.807) is 6.26 Å². The fourth-order valence-electron chi connectivity index (χ4n) is 2.04. The summed E-state index contributed by atoms with van der Waals surface area (Å²) in [7, 11) is 0. The summed E-state index contributed by atoms with van der Waals surface area (Å²) >= 11 is 0. The topological polar surface area (TPSA) is 45.4 Å². The van der Waals surface area contributed by atoms with Crippen molar-refractivity contribution in [3.05, 3.63) is 24.2 Å². The molecule has 14 heavy (non-hydrogen) atoms. The summed E-state index contributed by atoms with van der Waals surface area (Å²) in [5.41, 5.74) is -0.594. The van der Waals surface area contributed by atoms with Crippen LogP contribution in [0.15, 0.2) is 22.8 Å². The third-order valence-electron chi connectivity index (χ3n) is 3.16. The van der Waals surface area contributed by atoms with E-state index in [0.29, 0.717) is 6.42 Å². The molecule has 2 atom stereocenters. The molecule has 2 unspecified atom stereocenters. The molecule has 1 aliphatic rings. The fourth-order valence-corrected chi connectivity index (χ4v) is 2.04. The minimum Gasteiger partial charge on any atom is -0.469 e. The first-order chi connectivity index (χ1) is 6.71. The van der Waals surface area contributed by atoms with Gasteiger partial charge in [0.2, 0.25) is 0 Å². The Labute approximate surface area is 84.1 Å². The second kappa shape index (κ2) is 3.75. The van der Waals surface area contributed by atoms with Crippen LogP contribution in [0.5, 0.6) is 0 Å². The Morgan fingerprint density at radius 2 is 2.57 bits per heavy atom. The molecule has 0 amide bonds. The molecule has 1 aliphatic heterocycles. The molecule has 0 spiro atoms. The Balaban J connectivity index is 2.07. The second-order valence-electron chi connectivity index (χ2n) is 4.21. The van der Waals surface area contributed by atoms with Gasteiger partial charge in [0.1, 0.15) is 5.76 Å². The molecule has 0 bridgehead atoms. The van der Waals surface area contributed by atoms with E-state index in [1.165, 1.54) is 0 Å². The third kappa shape index (κ3) is 1.83. The van der Waals surface area contributed by atoms with Crippen LogP contribution < -0.4 is 5.32 Å². The molecule has 2 heterocycles. The van der Waals surface area contributed by atoms with Crippen LogP contribution in [0, 0.1) is 5.92 Å². The maximum Gasteiger partial charge on any atom is 0.106 e. The van der Waals surface area contributed by atoms with Crippen LogP contribution in [0.3, 0.4) is 0 Å². The second-order valence-corrected chi connectivity index (χ2v) is 4.21. The summed E-state index contributed by atoms with van der Waals surface area (Å²) in [6.07, 6.45) is 3.09. The molecule has 0 aromatic carbocycles. The van der Waals surface area contributed by atoms with Gasteiger partial charge in [0.15, 0.2) is 0 Å². The maximum absolute atomic E-state index is 10.4. The summed E-state index contributed by atoms with van der Waals surface area (Å²) in [6.45, 7) is 3.86. The Morgan fingerprint density at radius 1 is 1.71 bits per heavy atom. The molecule has 78 valence electrons. The first-order valence-electron chi connectivity index (χ1n) is 5.16. The molecular formula is C11H17NO2. The van der Waals surface area contributed by atoms with Crippen molar-refractivity contribution in [1.29, 1.82) is 0 Å². The zero-order valence-corrected chi connectivity index (χ0v) is 8.49. The van der Waals surface area contributed by atoms with Gasteiger partial charge in [0, 0.05) is 13.0 Å². The van der Waals surface area contributed by atoms with E-state index < -0.39 is 5.60 Å². The summed E-state index contributed by atoms with van der Waals surface area (Å²) in [5.74, 6) is 1.16. The van der Waals surface area contributed by atoms with Crippen LogP contribution in [-0.4, -0.2) is 23.8 Å². The van der Waals surface area contributed by atoms with Crippen LogP contribution in [0.2, 0.25) is 0 Å². The van der Waals surface area contributed by atoms with Crippen LogP contribution in [0.25, 0.3) is 0 Å². The molecular weight excluding hydrogens is 178 g/mol. The summed E-state index contributed by atoms with van der Waals surface area (Å²) in [5, 5.41) is 13.7. The molecule has 1 aromatic rings. The van der Waals surface area contributed by atoms with Crippen molar-refractivity contribution in [3.8, 4) is 0 Å². The lowest BCUT2D eigenvalue weighted by molar-refractivity contribution is -0.0365. The fraction of sp³-hybridized carbons (Fsp3) is 0.636. The van der Waals surface area contributed by atoms with Crippen LogP contribution >= 0.6 is 0 Å². The molecule has 0 aliphatic carbocycles. The highest BCUT2D eigenvalue weighted by Crippen LogP contribution is 2.28. The van der Waals surface area contributed by atoms with E-state index in [4.69, 9.17) is 4.42 Å². The van der Waals surface area contributed by atoms with Gasteiger partial charge in [-0.15, -0.1) is 0 Å². The number of nitrogens with one attached hydrogen (secondary N) is 1. The van der Waals surface area contributed by atoms with Gasteiger partial charge in [-0.05, 0) is 31.0 Å². The molecule has 1 saturated heterocycles. The zero-order valence-electron chi connectivity index (χ0n) is 8.49. The van der Waals surface area contributed by atoms with Gasteiger partial charge in [-0.1, -0.05) is 6.92 Å². The van der Waals surface area contributed by atoms with Crippen molar-refractivity contribution in [2.45, 2.75) is 25.4 Å². The maximum atomic E-state index is 10.4. The molecule has 2 rings (SSSR count). The highest BCUT2D eigenvalue weighted by molar-refractivity contribution is 5.05. The first-order valence-corrected chi connectivity index (χ1v) is 5.16. The number of hydrogen-bond acceptors (Lipinski definition) is 3. The SMILES string of the molecule is CC1CNCCC1(O)Cc1ccco1. The minimum atomic E-state index is -0.594. The Bertz CT molecular complexity index is 283. The van der Waals surface area contributed by atoms with Gasteiger partial charge in [0.05, 0.1) is 11.9 Å². The molecule has 1 fully saturated rings. The molecule has 0 radical (unpaired) electrons. The van der Waals surface area contributed by atoms with Crippen molar-refractivity contribution in [1.82, 2.24) is 5.32 Å². The van der Waals surface area contributed by atoms with Crippen LogP contribution in [0.4, 0.5) is 0 Å². The predicted octanol–water partition coefficient (Wildman–Crippen LogP) is 1.18. The normalized spacial score (nSPS) is 33.1. The van der Waals surface area contributed by atoms with Gasteiger partial charge < -0.3 is 14.8 Å². The Morgan fingerprint density at radius 3 is 3.21 bits per heavy atom. The largest absolute Gasteiger partial charge is 0.469 e. The number of aliphatic hydroxyl groups is 1. The van der Waals surface area contributed by atoms with E-state index in [0.717, 1.165) is 25.3 Å².